The minimum atomic E-state index is 0.130. The quantitative estimate of drug-likeness (QED) is 0.831. The Bertz CT molecular complexity index is 363. The number of benzene rings is 1. The van der Waals surface area contributed by atoms with Crippen LogP contribution in [0.3, 0.4) is 0 Å². The minimum absolute atomic E-state index is 0.130. The van der Waals surface area contributed by atoms with Crippen molar-refractivity contribution in [1.29, 1.82) is 0 Å². The zero-order valence-corrected chi connectivity index (χ0v) is 9.32. The highest BCUT2D eigenvalue weighted by Gasteiger charge is 2.24. The van der Waals surface area contributed by atoms with E-state index in [0.717, 1.165) is 26.1 Å². The fourth-order valence-electron chi connectivity index (χ4n) is 2.22. The van der Waals surface area contributed by atoms with Gasteiger partial charge in [0.05, 0.1) is 19.3 Å². The molecule has 1 aromatic rings. The monoisotopic (exact) mass is 219 g/mol. The lowest BCUT2D eigenvalue weighted by Gasteiger charge is -2.31. The fraction of sp³-hybridized carbons (Fsp3) is 0.538. The van der Waals surface area contributed by atoms with Gasteiger partial charge in [-0.2, -0.15) is 0 Å². The third-order valence-electron chi connectivity index (χ3n) is 3.32. The van der Waals surface area contributed by atoms with Crippen LogP contribution in [-0.4, -0.2) is 32.4 Å². The Morgan fingerprint density at radius 3 is 3.00 bits per heavy atom. The molecular formula is C13H17NO2. The van der Waals surface area contributed by atoms with Gasteiger partial charge in [0.25, 0.3) is 0 Å². The summed E-state index contributed by atoms with van der Waals surface area (Å²) in [7, 11) is 0. The Labute approximate surface area is 95.8 Å². The molecule has 2 aliphatic heterocycles. The fourth-order valence-corrected chi connectivity index (χ4v) is 2.22. The number of hydrogen-bond acceptors (Lipinski definition) is 3. The van der Waals surface area contributed by atoms with Crippen LogP contribution < -0.4 is 5.32 Å². The first-order chi connectivity index (χ1) is 7.93. The summed E-state index contributed by atoms with van der Waals surface area (Å²) in [4.78, 5) is 0. The van der Waals surface area contributed by atoms with Crippen LogP contribution in [0, 0.1) is 0 Å². The molecule has 0 aromatic heterocycles. The summed E-state index contributed by atoms with van der Waals surface area (Å²) in [5.41, 5.74) is 2.72. The van der Waals surface area contributed by atoms with Gasteiger partial charge in [-0.05, 0) is 17.5 Å². The molecule has 1 atom stereocenters. The average Bonchev–Trinajstić information content (AvgIpc) is 2.27. The molecular weight excluding hydrogens is 202 g/mol. The predicted octanol–water partition coefficient (Wildman–Crippen LogP) is 1.29. The van der Waals surface area contributed by atoms with Crippen LogP contribution in [0.4, 0.5) is 0 Å². The van der Waals surface area contributed by atoms with E-state index in [0.29, 0.717) is 12.7 Å². The van der Waals surface area contributed by atoms with Gasteiger partial charge >= 0.3 is 0 Å². The molecule has 3 heteroatoms. The van der Waals surface area contributed by atoms with Crippen LogP contribution in [0.1, 0.15) is 17.2 Å². The maximum atomic E-state index is 5.79. The summed E-state index contributed by atoms with van der Waals surface area (Å²) in [5.74, 6) is 0. The van der Waals surface area contributed by atoms with Crippen LogP contribution in [-0.2, 0) is 15.9 Å². The first kappa shape index (κ1) is 10.3. The summed E-state index contributed by atoms with van der Waals surface area (Å²) in [6.07, 6.45) is 1.54. The average molecular weight is 219 g/mol. The molecule has 86 valence electrons. The largest absolute Gasteiger partial charge is 0.373 e. The summed E-state index contributed by atoms with van der Waals surface area (Å²) >= 11 is 0. The van der Waals surface area contributed by atoms with Gasteiger partial charge in [0.2, 0.25) is 0 Å². The smallest absolute Gasteiger partial charge is 0.106 e. The molecule has 0 spiro atoms. The molecule has 0 saturated carbocycles. The van der Waals surface area contributed by atoms with Crippen molar-refractivity contribution in [2.45, 2.75) is 18.6 Å². The van der Waals surface area contributed by atoms with Gasteiger partial charge in [-0.25, -0.2) is 0 Å². The van der Waals surface area contributed by atoms with Gasteiger partial charge < -0.3 is 14.8 Å². The highest BCUT2D eigenvalue weighted by atomic mass is 16.5. The van der Waals surface area contributed by atoms with Crippen molar-refractivity contribution in [3.8, 4) is 0 Å². The van der Waals surface area contributed by atoms with Crippen molar-refractivity contribution < 1.29 is 9.47 Å². The lowest BCUT2D eigenvalue weighted by atomic mass is 9.98. The van der Waals surface area contributed by atoms with Gasteiger partial charge in [-0.15, -0.1) is 0 Å². The maximum Gasteiger partial charge on any atom is 0.106 e. The Balaban J connectivity index is 1.66. The zero-order valence-electron chi connectivity index (χ0n) is 9.32. The molecule has 2 heterocycles. The summed E-state index contributed by atoms with van der Waals surface area (Å²) in [5, 5.41) is 3.20. The van der Waals surface area contributed by atoms with Gasteiger partial charge in [0.15, 0.2) is 0 Å². The SMILES string of the molecule is c1ccc2c(c1)CCOC2COC1CNC1. The second-order valence-electron chi connectivity index (χ2n) is 4.42. The van der Waals surface area contributed by atoms with E-state index in [1.807, 2.05) is 0 Å². The maximum absolute atomic E-state index is 5.79. The third-order valence-corrected chi connectivity index (χ3v) is 3.32. The van der Waals surface area contributed by atoms with Crippen molar-refractivity contribution in [2.75, 3.05) is 26.3 Å². The molecule has 3 rings (SSSR count). The van der Waals surface area contributed by atoms with Crippen molar-refractivity contribution in [3.63, 3.8) is 0 Å². The van der Waals surface area contributed by atoms with Gasteiger partial charge in [0.1, 0.15) is 6.10 Å². The third kappa shape index (κ3) is 1.98. The van der Waals surface area contributed by atoms with E-state index < -0.39 is 0 Å². The molecule has 0 aliphatic carbocycles. The number of rotatable bonds is 3. The van der Waals surface area contributed by atoms with Crippen molar-refractivity contribution in [2.24, 2.45) is 0 Å². The molecule has 16 heavy (non-hydrogen) atoms. The molecule has 1 saturated heterocycles. The molecule has 0 bridgehead atoms. The standard InChI is InChI=1S/C13H17NO2/c1-2-4-12-10(3-1)5-6-15-13(12)9-16-11-7-14-8-11/h1-4,11,13-14H,5-9H2. The first-order valence-electron chi connectivity index (χ1n) is 5.95. The number of fused-ring (bicyclic) bond motifs is 1. The van der Waals surface area contributed by atoms with E-state index >= 15 is 0 Å². The van der Waals surface area contributed by atoms with Crippen molar-refractivity contribution in [1.82, 2.24) is 5.32 Å². The van der Waals surface area contributed by atoms with Crippen LogP contribution >= 0.6 is 0 Å². The van der Waals surface area contributed by atoms with E-state index in [-0.39, 0.29) is 6.10 Å². The molecule has 3 nitrogen and oxygen atoms in total. The molecule has 1 unspecified atom stereocenters. The van der Waals surface area contributed by atoms with Crippen LogP contribution in [0.25, 0.3) is 0 Å². The van der Waals surface area contributed by atoms with E-state index in [1.165, 1.54) is 11.1 Å². The number of ether oxygens (including phenoxy) is 2. The van der Waals surface area contributed by atoms with Crippen molar-refractivity contribution in [3.05, 3.63) is 35.4 Å². The molecule has 1 N–H and O–H groups in total. The molecule has 2 aliphatic rings. The Morgan fingerprint density at radius 1 is 1.31 bits per heavy atom. The second-order valence-corrected chi connectivity index (χ2v) is 4.42. The van der Waals surface area contributed by atoms with Gasteiger partial charge in [-0.3, -0.25) is 0 Å². The van der Waals surface area contributed by atoms with E-state index in [2.05, 4.69) is 29.6 Å². The Kier molecular flexibility index (Phi) is 2.91. The lowest BCUT2D eigenvalue weighted by molar-refractivity contribution is -0.0638. The van der Waals surface area contributed by atoms with Crippen LogP contribution in [0.15, 0.2) is 24.3 Å². The predicted molar refractivity (Wildman–Crippen MR) is 61.4 cm³/mol. The van der Waals surface area contributed by atoms with Gasteiger partial charge in [0, 0.05) is 13.1 Å². The highest BCUT2D eigenvalue weighted by Crippen LogP contribution is 2.27. The Hall–Kier alpha value is -0.900. The van der Waals surface area contributed by atoms with Crippen LogP contribution in [0.2, 0.25) is 0 Å². The topological polar surface area (TPSA) is 30.5 Å². The highest BCUT2D eigenvalue weighted by molar-refractivity contribution is 5.30. The van der Waals surface area contributed by atoms with E-state index in [9.17, 15) is 0 Å². The second kappa shape index (κ2) is 4.53. The van der Waals surface area contributed by atoms with Gasteiger partial charge in [-0.1, -0.05) is 24.3 Å². The first-order valence-corrected chi connectivity index (χ1v) is 5.95. The summed E-state index contributed by atoms with van der Waals surface area (Å²) < 4.78 is 11.6. The molecule has 1 aromatic carbocycles. The minimum Gasteiger partial charge on any atom is -0.373 e. The van der Waals surface area contributed by atoms with Crippen LogP contribution in [0.5, 0.6) is 0 Å². The summed E-state index contributed by atoms with van der Waals surface area (Å²) in [6.45, 7) is 3.46. The lowest BCUT2D eigenvalue weighted by Crippen LogP contribution is -2.49. The number of hydrogen-bond donors (Lipinski definition) is 1. The van der Waals surface area contributed by atoms with E-state index in [4.69, 9.17) is 9.47 Å². The molecule has 0 radical (unpaired) electrons. The normalized spacial score (nSPS) is 24.9. The van der Waals surface area contributed by atoms with E-state index in [1.54, 1.807) is 0 Å². The molecule has 1 fully saturated rings. The summed E-state index contributed by atoms with van der Waals surface area (Å²) in [6, 6.07) is 8.51. The molecule has 0 amide bonds. The Morgan fingerprint density at radius 2 is 2.19 bits per heavy atom. The van der Waals surface area contributed by atoms with Crippen molar-refractivity contribution >= 4 is 0 Å². The number of nitrogens with one attached hydrogen (secondary N) is 1. The zero-order chi connectivity index (χ0) is 10.8.